The van der Waals surface area contributed by atoms with E-state index in [-0.39, 0.29) is 11.6 Å². The number of halogens is 4. The van der Waals surface area contributed by atoms with Crippen molar-refractivity contribution in [2.75, 3.05) is 10.6 Å². The van der Waals surface area contributed by atoms with Crippen LogP contribution >= 0.6 is 11.6 Å². The van der Waals surface area contributed by atoms with Crippen molar-refractivity contribution in [3.05, 3.63) is 77.8 Å². The minimum absolute atomic E-state index is 0.0643. The lowest BCUT2D eigenvalue weighted by atomic mass is 10.2. The van der Waals surface area contributed by atoms with Gasteiger partial charge in [0.2, 0.25) is 5.88 Å². The van der Waals surface area contributed by atoms with E-state index in [0.29, 0.717) is 17.1 Å². The van der Waals surface area contributed by atoms with Crippen molar-refractivity contribution < 1.29 is 22.7 Å². The Hall–Kier alpha value is -4.12. The normalized spacial score (nSPS) is 11.2. The molecule has 4 aromatic rings. The maximum Gasteiger partial charge on any atom is 0.417 e. The van der Waals surface area contributed by atoms with Crippen molar-refractivity contribution in [3.8, 4) is 22.9 Å². The molecule has 34 heavy (non-hydrogen) atoms. The quantitative estimate of drug-likeness (QED) is 0.360. The Bertz CT molecular complexity index is 1340. The third-order valence-corrected chi connectivity index (χ3v) is 4.82. The summed E-state index contributed by atoms with van der Waals surface area (Å²) in [5.74, 6) is 0.649. The Kier molecular flexibility index (Phi) is 6.37. The highest BCUT2D eigenvalue weighted by molar-refractivity contribution is 6.31. The summed E-state index contributed by atoms with van der Waals surface area (Å²) in [5, 5.41) is 8.54. The molecule has 2 aromatic carbocycles. The maximum absolute atomic E-state index is 13.0. The lowest BCUT2D eigenvalue weighted by Crippen LogP contribution is -2.20. The first kappa shape index (κ1) is 23.1. The van der Waals surface area contributed by atoms with Gasteiger partial charge in [0.25, 0.3) is 0 Å². The maximum atomic E-state index is 13.0. The van der Waals surface area contributed by atoms with Gasteiger partial charge in [0.05, 0.1) is 22.5 Å². The zero-order chi connectivity index (χ0) is 24.3. The Labute approximate surface area is 196 Å². The summed E-state index contributed by atoms with van der Waals surface area (Å²) in [6.07, 6.45) is 0.171. The van der Waals surface area contributed by atoms with E-state index in [1.165, 1.54) is 18.5 Å². The summed E-state index contributed by atoms with van der Waals surface area (Å²) in [7, 11) is 1.79. The number of hydrogen-bond donors (Lipinski definition) is 2. The van der Waals surface area contributed by atoms with Gasteiger partial charge >= 0.3 is 12.2 Å². The van der Waals surface area contributed by atoms with Gasteiger partial charge in [-0.05, 0) is 30.3 Å². The van der Waals surface area contributed by atoms with Crippen LogP contribution in [0.3, 0.4) is 0 Å². The molecule has 12 heteroatoms. The summed E-state index contributed by atoms with van der Waals surface area (Å²) in [6, 6.07) is 10.4. The number of carbonyl (C=O) groups excluding carboxylic acids is 1. The fraction of sp³-hybridized carbons (Fsp3) is 0.0909. The molecule has 0 unspecified atom stereocenters. The Morgan fingerprint density at radius 2 is 1.82 bits per heavy atom. The topological polar surface area (TPSA) is 94.0 Å². The molecule has 0 saturated heterocycles. The van der Waals surface area contributed by atoms with Crippen molar-refractivity contribution in [3.63, 3.8) is 0 Å². The summed E-state index contributed by atoms with van der Waals surface area (Å²) in [4.78, 5) is 20.6. The van der Waals surface area contributed by atoms with Crippen molar-refractivity contribution in [2.45, 2.75) is 6.18 Å². The second kappa shape index (κ2) is 9.40. The lowest BCUT2D eigenvalue weighted by Gasteiger charge is -2.13. The molecule has 2 aromatic heterocycles. The predicted octanol–water partition coefficient (Wildman–Crippen LogP) is 5.99. The fourth-order valence-electron chi connectivity index (χ4n) is 2.98. The highest BCUT2D eigenvalue weighted by atomic mass is 35.5. The molecule has 4 rings (SSSR count). The van der Waals surface area contributed by atoms with E-state index < -0.39 is 22.8 Å². The molecule has 0 bridgehead atoms. The number of ether oxygens (including phenoxy) is 1. The Balaban J connectivity index is 1.44. The van der Waals surface area contributed by atoms with Gasteiger partial charge in [-0.25, -0.2) is 14.8 Å². The van der Waals surface area contributed by atoms with Gasteiger partial charge in [0.1, 0.15) is 12.1 Å². The van der Waals surface area contributed by atoms with Gasteiger partial charge in [-0.1, -0.05) is 17.7 Å². The van der Waals surface area contributed by atoms with Crippen molar-refractivity contribution >= 4 is 29.0 Å². The van der Waals surface area contributed by atoms with E-state index >= 15 is 0 Å². The predicted molar refractivity (Wildman–Crippen MR) is 120 cm³/mol. The number of amides is 2. The van der Waals surface area contributed by atoms with Gasteiger partial charge in [0, 0.05) is 42.3 Å². The summed E-state index contributed by atoms with van der Waals surface area (Å²) >= 11 is 5.60. The molecule has 0 radical (unpaired) electrons. The number of urea groups is 1. The van der Waals surface area contributed by atoms with Crippen LogP contribution in [-0.4, -0.2) is 25.8 Å². The third-order valence-electron chi connectivity index (χ3n) is 4.49. The molecule has 0 aliphatic heterocycles. The van der Waals surface area contributed by atoms with Gasteiger partial charge in [-0.2, -0.15) is 18.3 Å². The van der Waals surface area contributed by atoms with E-state index in [2.05, 4.69) is 25.7 Å². The van der Waals surface area contributed by atoms with Crippen LogP contribution < -0.4 is 15.4 Å². The van der Waals surface area contributed by atoms with E-state index in [0.717, 1.165) is 17.7 Å². The summed E-state index contributed by atoms with van der Waals surface area (Å²) in [5.41, 5.74) is 0.649. The largest absolute Gasteiger partial charge is 0.439 e. The second-order valence-corrected chi connectivity index (χ2v) is 7.45. The zero-order valence-corrected chi connectivity index (χ0v) is 18.2. The number of aromatic nitrogens is 4. The van der Waals surface area contributed by atoms with Crippen molar-refractivity contribution in [1.29, 1.82) is 0 Å². The van der Waals surface area contributed by atoms with Crippen LogP contribution in [0.15, 0.2) is 67.3 Å². The fourth-order valence-corrected chi connectivity index (χ4v) is 3.20. The average Bonchev–Trinajstić information content (AvgIpc) is 3.21. The van der Waals surface area contributed by atoms with Crippen molar-refractivity contribution in [2.24, 2.45) is 7.05 Å². The minimum Gasteiger partial charge on any atom is -0.439 e. The average molecular weight is 489 g/mol. The van der Waals surface area contributed by atoms with E-state index in [1.807, 2.05) is 0 Å². The monoisotopic (exact) mass is 488 g/mol. The summed E-state index contributed by atoms with van der Waals surface area (Å²) in [6.45, 7) is 0. The molecule has 2 amide bonds. The first-order valence-corrected chi connectivity index (χ1v) is 10.1. The minimum atomic E-state index is -4.64. The highest BCUT2D eigenvalue weighted by Crippen LogP contribution is 2.36. The van der Waals surface area contributed by atoms with Crippen LogP contribution in [0, 0.1) is 0 Å². The summed E-state index contributed by atoms with van der Waals surface area (Å²) < 4.78 is 46.5. The van der Waals surface area contributed by atoms with Crippen molar-refractivity contribution in [1.82, 2.24) is 19.7 Å². The molecule has 8 nitrogen and oxygen atoms in total. The van der Waals surface area contributed by atoms with E-state index in [4.69, 9.17) is 16.3 Å². The number of nitrogens with one attached hydrogen (secondary N) is 2. The molecule has 0 aliphatic carbocycles. The van der Waals surface area contributed by atoms with Gasteiger partial charge < -0.3 is 15.4 Å². The van der Waals surface area contributed by atoms with E-state index in [9.17, 15) is 18.0 Å². The lowest BCUT2D eigenvalue weighted by molar-refractivity contribution is -0.137. The van der Waals surface area contributed by atoms with Crippen LogP contribution in [0.2, 0.25) is 5.02 Å². The number of anilines is 2. The van der Waals surface area contributed by atoms with Crippen LogP contribution in [0.1, 0.15) is 5.56 Å². The second-order valence-electron chi connectivity index (χ2n) is 7.05. The van der Waals surface area contributed by atoms with Crippen LogP contribution in [0.5, 0.6) is 11.6 Å². The number of aryl methyl sites for hydroxylation is 1. The highest BCUT2D eigenvalue weighted by Gasteiger charge is 2.33. The van der Waals surface area contributed by atoms with Crippen LogP contribution in [0.25, 0.3) is 11.3 Å². The number of alkyl halides is 3. The van der Waals surface area contributed by atoms with Crippen LogP contribution in [0.4, 0.5) is 29.3 Å². The SMILES string of the molecule is Cn1cc(-c2cc(Oc3cccc(NC(=O)Nc4ccc(Cl)c(C(F)(F)F)c4)c3)ncn2)cn1. The van der Waals surface area contributed by atoms with E-state index in [1.54, 1.807) is 48.4 Å². The molecule has 0 atom stereocenters. The number of hydrogen-bond acceptors (Lipinski definition) is 5. The zero-order valence-electron chi connectivity index (χ0n) is 17.5. The first-order chi connectivity index (χ1) is 16.2. The molecule has 174 valence electrons. The first-order valence-electron chi connectivity index (χ1n) is 9.71. The van der Waals surface area contributed by atoms with Gasteiger partial charge in [-0.15, -0.1) is 0 Å². The standard InChI is InChI=1S/C22H16ClF3N6O2/c1-32-11-13(10-29-32)19-9-20(28-12-27-19)34-16-4-2-3-14(7-16)30-21(33)31-15-5-6-18(23)17(8-15)22(24,25)26/h2-12H,1H3,(H2,30,31,33). The van der Waals surface area contributed by atoms with Crippen LogP contribution in [-0.2, 0) is 13.2 Å². The van der Waals surface area contributed by atoms with Gasteiger partial charge in [-0.3, -0.25) is 4.68 Å². The molecular weight excluding hydrogens is 473 g/mol. The Morgan fingerprint density at radius 3 is 2.53 bits per heavy atom. The number of rotatable bonds is 5. The number of benzene rings is 2. The molecule has 0 fully saturated rings. The van der Waals surface area contributed by atoms with Gasteiger partial charge in [0.15, 0.2) is 0 Å². The molecular formula is C22H16ClF3N6O2. The molecule has 0 aliphatic rings. The molecule has 2 N–H and O–H groups in total. The number of nitrogens with zero attached hydrogens (tertiary/aromatic N) is 4. The molecule has 0 spiro atoms. The molecule has 0 saturated carbocycles. The third kappa shape index (κ3) is 5.62. The number of carbonyl (C=O) groups is 1. The Morgan fingerprint density at radius 1 is 1.06 bits per heavy atom. The molecule has 2 heterocycles. The smallest absolute Gasteiger partial charge is 0.417 e.